The maximum atomic E-state index is 13.1. The summed E-state index contributed by atoms with van der Waals surface area (Å²) in [6.45, 7) is 3.59. The fraction of sp³-hybridized carbons (Fsp3) is 0.579. The lowest BCUT2D eigenvalue weighted by molar-refractivity contribution is -0.144. The molecule has 26 heavy (non-hydrogen) atoms. The van der Waals surface area contributed by atoms with E-state index in [2.05, 4.69) is 17.6 Å². The number of nitrogens with zero attached hydrogens (tertiary/aromatic N) is 1. The molecule has 2 saturated heterocycles. The highest BCUT2D eigenvalue weighted by Crippen LogP contribution is 2.28. The first-order valence-electron chi connectivity index (χ1n) is 9.25. The van der Waals surface area contributed by atoms with Crippen molar-refractivity contribution in [3.8, 4) is 0 Å². The van der Waals surface area contributed by atoms with E-state index in [0.717, 1.165) is 32.2 Å². The summed E-state index contributed by atoms with van der Waals surface area (Å²) in [5, 5.41) is 7.15. The van der Waals surface area contributed by atoms with E-state index in [9.17, 15) is 9.59 Å². The molecule has 0 aromatic heterocycles. The Labute approximate surface area is 164 Å². The van der Waals surface area contributed by atoms with Crippen LogP contribution in [0.5, 0.6) is 0 Å². The molecule has 1 aromatic rings. The number of carbonyl (C=O) groups excluding carboxylic acids is 2. The Morgan fingerprint density at radius 3 is 2.77 bits per heavy atom. The van der Waals surface area contributed by atoms with Crippen molar-refractivity contribution in [2.45, 2.75) is 51.1 Å². The Balaban J connectivity index is 1.71. The lowest BCUT2D eigenvalue weighted by atomic mass is 9.90. The summed E-state index contributed by atoms with van der Waals surface area (Å²) in [6, 6.07) is 4.87. The van der Waals surface area contributed by atoms with Gasteiger partial charge in [-0.3, -0.25) is 9.59 Å². The Kier molecular flexibility index (Phi) is 6.43. The first-order chi connectivity index (χ1) is 12.5. The summed E-state index contributed by atoms with van der Waals surface area (Å²) in [6.07, 6.45) is 4.23. The average molecular weight is 398 g/mol. The quantitative estimate of drug-likeness (QED) is 0.816. The van der Waals surface area contributed by atoms with Gasteiger partial charge in [0.25, 0.3) is 0 Å². The molecule has 2 N–H and O–H groups in total. The Morgan fingerprint density at radius 2 is 2.04 bits per heavy atom. The van der Waals surface area contributed by atoms with Crippen molar-refractivity contribution >= 4 is 40.7 Å². The molecule has 3 atom stereocenters. The normalized spacial score (nSPS) is 26.4. The smallest absolute Gasteiger partial charge is 0.247 e. The average Bonchev–Trinajstić information content (AvgIpc) is 2.63. The van der Waals surface area contributed by atoms with Crippen LogP contribution in [0.15, 0.2) is 18.2 Å². The van der Waals surface area contributed by atoms with Crippen LogP contribution in [-0.2, 0) is 9.59 Å². The van der Waals surface area contributed by atoms with Crippen molar-refractivity contribution < 1.29 is 9.59 Å². The number of amides is 2. The van der Waals surface area contributed by atoms with Gasteiger partial charge >= 0.3 is 0 Å². The molecule has 0 saturated carbocycles. The Bertz CT molecular complexity index is 683. The zero-order chi connectivity index (χ0) is 18.7. The highest BCUT2D eigenvalue weighted by molar-refractivity contribution is 6.36. The van der Waals surface area contributed by atoms with Gasteiger partial charge in [-0.2, -0.15) is 0 Å². The molecule has 0 spiro atoms. The molecule has 1 aromatic carbocycles. The summed E-state index contributed by atoms with van der Waals surface area (Å²) in [5.41, 5.74) is 0.523. The molecular formula is C19H25Cl2N3O2. The molecule has 2 fully saturated rings. The first kappa shape index (κ1) is 19.5. The number of likely N-dealkylation sites (tertiary alicyclic amines) is 1. The van der Waals surface area contributed by atoms with E-state index in [0.29, 0.717) is 34.7 Å². The van der Waals surface area contributed by atoms with E-state index >= 15 is 0 Å². The number of piperidine rings is 2. The van der Waals surface area contributed by atoms with Crippen molar-refractivity contribution in [1.29, 1.82) is 0 Å². The van der Waals surface area contributed by atoms with Crippen LogP contribution in [0.2, 0.25) is 10.0 Å². The van der Waals surface area contributed by atoms with Crippen LogP contribution in [-0.4, -0.2) is 41.9 Å². The minimum Gasteiger partial charge on any atom is -0.330 e. The van der Waals surface area contributed by atoms with Gasteiger partial charge in [0.05, 0.1) is 10.7 Å². The number of hydrogen-bond donors (Lipinski definition) is 2. The SMILES string of the molecule is C[C@H]1C[C@@H](C(=O)N2CCCCC2C(=O)Nc2ccc(Cl)cc2Cl)CCN1. The fourth-order valence-electron chi connectivity index (χ4n) is 3.87. The largest absolute Gasteiger partial charge is 0.330 e. The number of nitrogens with one attached hydrogen (secondary N) is 2. The van der Waals surface area contributed by atoms with E-state index in [1.165, 1.54) is 0 Å². The van der Waals surface area contributed by atoms with Gasteiger partial charge in [-0.1, -0.05) is 23.2 Å². The molecule has 1 unspecified atom stereocenters. The third kappa shape index (κ3) is 4.51. The van der Waals surface area contributed by atoms with Gasteiger partial charge in [0.15, 0.2) is 0 Å². The van der Waals surface area contributed by atoms with Gasteiger partial charge in [0.1, 0.15) is 6.04 Å². The number of halogens is 2. The van der Waals surface area contributed by atoms with Gasteiger partial charge in [-0.25, -0.2) is 0 Å². The van der Waals surface area contributed by atoms with E-state index < -0.39 is 6.04 Å². The molecule has 2 aliphatic heterocycles. The second-order valence-electron chi connectivity index (χ2n) is 7.23. The molecule has 0 aliphatic carbocycles. The number of anilines is 1. The van der Waals surface area contributed by atoms with Gasteiger partial charge in [-0.15, -0.1) is 0 Å². The predicted octanol–water partition coefficient (Wildman–Crippen LogP) is 3.70. The second kappa shape index (κ2) is 8.59. The molecule has 0 radical (unpaired) electrons. The fourth-order valence-corrected chi connectivity index (χ4v) is 4.32. The van der Waals surface area contributed by atoms with Crippen molar-refractivity contribution in [3.05, 3.63) is 28.2 Å². The van der Waals surface area contributed by atoms with Crippen molar-refractivity contribution in [3.63, 3.8) is 0 Å². The lowest BCUT2D eigenvalue weighted by Crippen LogP contribution is -2.53. The van der Waals surface area contributed by atoms with E-state index in [1.807, 2.05) is 0 Å². The molecule has 7 heteroatoms. The van der Waals surface area contributed by atoms with Gasteiger partial charge in [-0.05, 0) is 63.8 Å². The Morgan fingerprint density at radius 1 is 1.23 bits per heavy atom. The molecule has 2 heterocycles. The van der Waals surface area contributed by atoms with Crippen molar-refractivity contribution in [1.82, 2.24) is 10.2 Å². The summed E-state index contributed by atoms with van der Waals surface area (Å²) in [4.78, 5) is 27.7. The van der Waals surface area contributed by atoms with E-state index in [-0.39, 0.29) is 17.7 Å². The first-order valence-corrected chi connectivity index (χ1v) is 10.0. The number of hydrogen-bond acceptors (Lipinski definition) is 3. The van der Waals surface area contributed by atoms with Crippen LogP contribution in [0, 0.1) is 5.92 Å². The maximum Gasteiger partial charge on any atom is 0.247 e. The standard InChI is InChI=1S/C19H25Cl2N3O2/c1-12-10-13(7-8-22-12)19(26)24-9-3-2-4-17(24)18(25)23-16-6-5-14(20)11-15(16)21/h5-6,11-13,17,22H,2-4,7-10H2,1H3,(H,23,25)/t12-,13-,17?/m0/s1. The summed E-state index contributed by atoms with van der Waals surface area (Å²) >= 11 is 12.1. The van der Waals surface area contributed by atoms with Crippen LogP contribution in [0.25, 0.3) is 0 Å². The third-order valence-electron chi connectivity index (χ3n) is 5.25. The van der Waals surface area contributed by atoms with Crippen LogP contribution < -0.4 is 10.6 Å². The number of rotatable bonds is 3. The van der Waals surface area contributed by atoms with Gasteiger partial charge < -0.3 is 15.5 Å². The summed E-state index contributed by atoms with van der Waals surface area (Å²) < 4.78 is 0. The third-order valence-corrected chi connectivity index (χ3v) is 5.80. The minimum absolute atomic E-state index is 0.00114. The molecule has 0 bridgehead atoms. The highest BCUT2D eigenvalue weighted by Gasteiger charge is 2.36. The van der Waals surface area contributed by atoms with E-state index in [1.54, 1.807) is 23.1 Å². The Hall–Kier alpha value is -1.30. The molecule has 3 rings (SSSR count). The molecule has 2 amide bonds. The molecule has 142 valence electrons. The van der Waals surface area contributed by atoms with Crippen LogP contribution >= 0.6 is 23.2 Å². The zero-order valence-electron chi connectivity index (χ0n) is 14.9. The van der Waals surface area contributed by atoms with Crippen LogP contribution in [0.4, 0.5) is 5.69 Å². The minimum atomic E-state index is -0.437. The topological polar surface area (TPSA) is 61.4 Å². The molecule has 2 aliphatic rings. The van der Waals surface area contributed by atoms with Gasteiger partial charge in [0.2, 0.25) is 11.8 Å². The lowest BCUT2D eigenvalue weighted by Gasteiger charge is -2.38. The highest BCUT2D eigenvalue weighted by atomic mass is 35.5. The summed E-state index contributed by atoms with van der Waals surface area (Å²) in [7, 11) is 0. The van der Waals surface area contributed by atoms with Crippen molar-refractivity contribution in [2.24, 2.45) is 5.92 Å². The number of benzene rings is 1. The maximum absolute atomic E-state index is 13.1. The van der Waals surface area contributed by atoms with Crippen LogP contribution in [0.3, 0.4) is 0 Å². The zero-order valence-corrected chi connectivity index (χ0v) is 16.4. The second-order valence-corrected chi connectivity index (χ2v) is 8.08. The monoisotopic (exact) mass is 397 g/mol. The predicted molar refractivity (Wildman–Crippen MR) is 105 cm³/mol. The summed E-state index contributed by atoms with van der Waals surface area (Å²) in [5.74, 6) is -0.0663. The van der Waals surface area contributed by atoms with E-state index in [4.69, 9.17) is 23.2 Å². The molecular weight excluding hydrogens is 373 g/mol. The van der Waals surface area contributed by atoms with Gasteiger partial charge in [0, 0.05) is 23.5 Å². The molecule has 5 nitrogen and oxygen atoms in total. The number of carbonyl (C=O) groups is 2. The van der Waals surface area contributed by atoms with Crippen molar-refractivity contribution in [2.75, 3.05) is 18.4 Å². The van der Waals surface area contributed by atoms with Crippen LogP contribution in [0.1, 0.15) is 39.0 Å².